The summed E-state index contributed by atoms with van der Waals surface area (Å²) >= 11 is 1.77. The van der Waals surface area contributed by atoms with Crippen LogP contribution < -0.4 is 10.6 Å². The molecule has 1 aromatic carbocycles. The van der Waals surface area contributed by atoms with E-state index in [9.17, 15) is 13.6 Å². The highest BCUT2D eigenvalue weighted by Crippen LogP contribution is 2.37. The summed E-state index contributed by atoms with van der Waals surface area (Å²) in [4.78, 5) is 16.6. The number of carbonyl (C=O) groups is 1. The number of halogens is 2. The van der Waals surface area contributed by atoms with Crippen molar-refractivity contribution in [2.75, 3.05) is 13.1 Å². The van der Waals surface area contributed by atoms with E-state index in [2.05, 4.69) is 15.6 Å². The second-order valence-corrected chi connectivity index (χ2v) is 8.40. The minimum atomic E-state index is -0.863. The largest absolute Gasteiger partial charge is 0.358 e. The van der Waals surface area contributed by atoms with E-state index in [1.807, 2.05) is 5.55 Å². The minimum Gasteiger partial charge on any atom is -0.358 e. The fourth-order valence-corrected chi connectivity index (χ4v) is 5.23. The number of thioether (sulfide) groups is 1. The van der Waals surface area contributed by atoms with Gasteiger partial charge >= 0.3 is 0 Å². The molecule has 5 atom stereocenters. The Hall–Kier alpha value is -1.51. The van der Waals surface area contributed by atoms with Crippen molar-refractivity contribution in [2.24, 2.45) is 10.9 Å². The van der Waals surface area contributed by atoms with Crippen molar-refractivity contribution in [3.63, 3.8) is 0 Å². The van der Waals surface area contributed by atoms with Crippen LogP contribution in [0, 0.1) is 17.6 Å². The van der Waals surface area contributed by atoms with Crippen molar-refractivity contribution in [3.8, 4) is 0 Å². The number of benzene rings is 1. The summed E-state index contributed by atoms with van der Waals surface area (Å²) in [5, 5.41) is 6.52. The number of hydrogen-bond acceptors (Lipinski definition) is 5. The Morgan fingerprint density at radius 2 is 2.15 bits per heavy atom. The number of ether oxygens (including phenoxy) is 1. The molecular formula is C19H23F2N3O2S. The number of fused-ring (bicyclic) bond motifs is 3. The number of carbonyl (C=O) groups excluding carboxylic acids is 1. The predicted molar refractivity (Wildman–Crippen MR) is 101 cm³/mol. The summed E-state index contributed by atoms with van der Waals surface area (Å²) in [6.07, 6.45) is 3.94. The molecule has 2 heterocycles. The molecule has 1 aromatic rings. The number of rotatable bonds is 4. The summed E-state index contributed by atoms with van der Waals surface area (Å²) in [6.45, 7) is 0.997. The SMILES string of the molecule is O=C(NCC1NC2CCCC(O1)C(C1CN=CS1)C2)c1c(F)cccc1F. The monoisotopic (exact) mass is 395 g/mol. The van der Waals surface area contributed by atoms with E-state index in [0.29, 0.717) is 17.2 Å². The molecule has 1 amide bonds. The second-order valence-electron chi connectivity index (χ2n) is 7.31. The zero-order valence-electron chi connectivity index (χ0n) is 14.9. The van der Waals surface area contributed by atoms with E-state index < -0.39 is 23.1 Å². The first kappa shape index (κ1) is 18.8. The Morgan fingerprint density at radius 1 is 1.33 bits per heavy atom. The van der Waals surface area contributed by atoms with Crippen LogP contribution in [0.1, 0.15) is 36.0 Å². The molecule has 5 unspecified atom stereocenters. The minimum absolute atomic E-state index is 0.108. The molecule has 5 nitrogen and oxygen atoms in total. The van der Waals surface area contributed by atoms with Crippen LogP contribution in [0.15, 0.2) is 23.2 Å². The first-order valence-electron chi connectivity index (χ1n) is 9.39. The summed E-state index contributed by atoms with van der Waals surface area (Å²) in [5.74, 6) is -2.07. The van der Waals surface area contributed by atoms with Gasteiger partial charge in [0.05, 0.1) is 24.7 Å². The molecule has 0 spiro atoms. The lowest BCUT2D eigenvalue weighted by Gasteiger charge is -2.30. The van der Waals surface area contributed by atoms with Gasteiger partial charge in [-0.15, -0.1) is 11.8 Å². The van der Waals surface area contributed by atoms with Crippen molar-refractivity contribution in [1.82, 2.24) is 10.6 Å². The fourth-order valence-electron chi connectivity index (χ4n) is 4.25. The molecule has 1 aliphatic carbocycles. The van der Waals surface area contributed by atoms with Gasteiger partial charge in [0.1, 0.15) is 23.4 Å². The summed E-state index contributed by atoms with van der Waals surface area (Å²) in [6, 6.07) is 3.71. The zero-order valence-corrected chi connectivity index (χ0v) is 15.7. The highest BCUT2D eigenvalue weighted by atomic mass is 32.2. The molecule has 2 bridgehead atoms. The van der Waals surface area contributed by atoms with Crippen LogP contribution in [0.2, 0.25) is 0 Å². The van der Waals surface area contributed by atoms with E-state index in [-0.39, 0.29) is 18.9 Å². The number of aliphatic imine (C=N–C) groups is 1. The van der Waals surface area contributed by atoms with Gasteiger partial charge in [-0.05, 0) is 37.8 Å². The van der Waals surface area contributed by atoms with Gasteiger partial charge in [-0.2, -0.15) is 0 Å². The molecule has 2 aliphatic heterocycles. The molecule has 27 heavy (non-hydrogen) atoms. The normalized spacial score (nSPS) is 32.9. The lowest BCUT2D eigenvalue weighted by Crippen LogP contribution is -2.47. The lowest BCUT2D eigenvalue weighted by molar-refractivity contribution is -0.0499. The number of amides is 1. The maximum absolute atomic E-state index is 13.8. The van der Waals surface area contributed by atoms with Crippen molar-refractivity contribution in [3.05, 3.63) is 35.4 Å². The Bertz CT molecular complexity index is 705. The quantitative estimate of drug-likeness (QED) is 0.823. The van der Waals surface area contributed by atoms with E-state index in [4.69, 9.17) is 4.74 Å². The molecule has 2 N–H and O–H groups in total. The molecule has 1 saturated carbocycles. The fraction of sp³-hybridized carbons (Fsp3) is 0.579. The van der Waals surface area contributed by atoms with Crippen LogP contribution >= 0.6 is 11.8 Å². The van der Waals surface area contributed by atoms with E-state index in [0.717, 1.165) is 44.4 Å². The summed E-state index contributed by atoms with van der Waals surface area (Å²) in [7, 11) is 0. The van der Waals surface area contributed by atoms with Crippen molar-refractivity contribution in [2.45, 2.75) is 49.3 Å². The van der Waals surface area contributed by atoms with Crippen molar-refractivity contribution >= 4 is 23.2 Å². The third-order valence-electron chi connectivity index (χ3n) is 5.55. The third-order valence-corrected chi connectivity index (χ3v) is 6.67. The van der Waals surface area contributed by atoms with Crippen LogP contribution in [0.5, 0.6) is 0 Å². The highest BCUT2D eigenvalue weighted by Gasteiger charge is 2.40. The average Bonchev–Trinajstić information content (AvgIpc) is 3.01. The van der Waals surface area contributed by atoms with Gasteiger partial charge in [0, 0.05) is 17.2 Å². The third kappa shape index (κ3) is 4.17. The predicted octanol–water partition coefficient (Wildman–Crippen LogP) is 2.71. The number of hydrogen-bond donors (Lipinski definition) is 2. The van der Waals surface area contributed by atoms with Crippen molar-refractivity contribution < 1.29 is 18.3 Å². The molecule has 146 valence electrons. The summed E-state index contributed by atoms with van der Waals surface area (Å²) in [5.41, 5.74) is 1.37. The Balaban J connectivity index is 1.40. The van der Waals surface area contributed by atoms with Gasteiger partial charge < -0.3 is 10.1 Å². The number of nitrogens with one attached hydrogen (secondary N) is 2. The van der Waals surface area contributed by atoms with E-state index >= 15 is 0 Å². The smallest absolute Gasteiger partial charge is 0.257 e. The van der Waals surface area contributed by atoms with Crippen LogP contribution in [-0.2, 0) is 4.74 Å². The Morgan fingerprint density at radius 3 is 2.89 bits per heavy atom. The first-order chi connectivity index (χ1) is 13.1. The Labute approximate surface area is 161 Å². The van der Waals surface area contributed by atoms with Gasteiger partial charge in [-0.25, -0.2) is 8.78 Å². The molecular weight excluding hydrogens is 372 g/mol. The molecule has 4 rings (SSSR count). The number of nitrogens with zero attached hydrogens (tertiary/aromatic N) is 1. The molecule has 0 radical (unpaired) electrons. The summed E-state index contributed by atoms with van der Waals surface area (Å²) < 4.78 is 33.8. The first-order valence-corrected chi connectivity index (χ1v) is 10.3. The topological polar surface area (TPSA) is 62.7 Å². The molecule has 2 fully saturated rings. The maximum Gasteiger partial charge on any atom is 0.257 e. The molecule has 3 aliphatic rings. The van der Waals surface area contributed by atoms with Crippen molar-refractivity contribution in [1.29, 1.82) is 0 Å². The van der Waals surface area contributed by atoms with Crippen LogP contribution in [0.4, 0.5) is 8.78 Å². The zero-order chi connectivity index (χ0) is 18.8. The highest BCUT2D eigenvalue weighted by molar-refractivity contribution is 8.12. The standard InChI is InChI=1S/C19H23F2N3O2S/c20-13-4-2-5-14(21)18(13)19(25)23-9-17-24-11-3-1-6-15(26-17)12(7-11)16-8-22-10-27-16/h2,4-5,10-12,15-17,24H,1,3,6-9H2,(H,23,25). The Kier molecular flexibility index (Phi) is 5.75. The van der Waals surface area contributed by atoms with Gasteiger partial charge in [0.2, 0.25) is 0 Å². The van der Waals surface area contributed by atoms with Crippen LogP contribution in [-0.4, -0.2) is 48.2 Å². The van der Waals surface area contributed by atoms with E-state index in [1.54, 1.807) is 11.8 Å². The van der Waals surface area contributed by atoms with Gasteiger partial charge in [-0.3, -0.25) is 15.1 Å². The van der Waals surface area contributed by atoms with Gasteiger partial charge in [0.25, 0.3) is 5.91 Å². The second kappa shape index (κ2) is 8.24. The van der Waals surface area contributed by atoms with Crippen LogP contribution in [0.3, 0.4) is 0 Å². The lowest BCUT2D eigenvalue weighted by atomic mass is 9.92. The molecule has 1 saturated heterocycles. The maximum atomic E-state index is 13.8. The van der Waals surface area contributed by atoms with Gasteiger partial charge in [-0.1, -0.05) is 6.07 Å². The van der Waals surface area contributed by atoms with Crippen LogP contribution in [0.25, 0.3) is 0 Å². The average molecular weight is 395 g/mol. The van der Waals surface area contributed by atoms with E-state index in [1.165, 1.54) is 6.07 Å². The molecule has 0 aromatic heterocycles. The van der Waals surface area contributed by atoms with Gasteiger partial charge in [0.15, 0.2) is 0 Å². The molecule has 8 heteroatoms.